The molecule has 2 fully saturated rings. The fourth-order valence-electron chi connectivity index (χ4n) is 3.97. The number of piperazine rings is 2. The van der Waals surface area contributed by atoms with E-state index in [0.717, 1.165) is 43.4 Å². The van der Waals surface area contributed by atoms with E-state index in [1.54, 1.807) is 12.1 Å². The van der Waals surface area contributed by atoms with Gasteiger partial charge in [-0.15, -0.1) is 10.2 Å². The van der Waals surface area contributed by atoms with Gasteiger partial charge in [0, 0.05) is 52.4 Å². The predicted octanol–water partition coefficient (Wildman–Crippen LogP) is 1.06. The zero-order valence-corrected chi connectivity index (χ0v) is 19.2. The van der Waals surface area contributed by atoms with Crippen molar-refractivity contribution in [2.45, 2.75) is 11.8 Å². The number of methoxy groups -OCH3 is 1. The molecule has 1 aromatic heterocycles. The summed E-state index contributed by atoms with van der Waals surface area (Å²) in [6.45, 7) is 7.72. The summed E-state index contributed by atoms with van der Waals surface area (Å²) in [5.41, 5.74) is 0.883. The van der Waals surface area contributed by atoms with Gasteiger partial charge in [-0.1, -0.05) is 6.07 Å². The molecule has 2 saturated heterocycles. The van der Waals surface area contributed by atoms with Crippen LogP contribution in [0.25, 0.3) is 0 Å². The maximum Gasteiger partial charge on any atom is 0.246 e. The van der Waals surface area contributed by atoms with Crippen molar-refractivity contribution >= 4 is 21.7 Å². The third-order valence-electron chi connectivity index (χ3n) is 5.96. The van der Waals surface area contributed by atoms with E-state index in [1.165, 1.54) is 11.4 Å². The summed E-state index contributed by atoms with van der Waals surface area (Å²) in [5, 5.41) is 8.83. The molecular weight excluding hydrogens is 416 g/mol. The molecule has 3 heterocycles. The standard InChI is InChI=1S/C21H30N6O3S/c1-17-4-5-18(30-3)19(16-17)31(28,29)27-14-12-26(13-15-27)21-7-6-20(22-23-21)25-10-8-24(2)9-11-25/h4-7,16H,8-15H2,1-3H3. The maximum absolute atomic E-state index is 13.2. The molecule has 2 aromatic rings. The number of hydrogen-bond donors (Lipinski definition) is 0. The number of benzene rings is 1. The van der Waals surface area contributed by atoms with Gasteiger partial charge < -0.3 is 19.4 Å². The molecule has 0 bridgehead atoms. The van der Waals surface area contributed by atoms with Crippen molar-refractivity contribution in [3.63, 3.8) is 0 Å². The van der Waals surface area contributed by atoms with Crippen molar-refractivity contribution in [3.8, 4) is 5.75 Å². The summed E-state index contributed by atoms with van der Waals surface area (Å²) >= 11 is 0. The first-order valence-corrected chi connectivity index (χ1v) is 12.0. The smallest absolute Gasteiger partial charge is 0.246 e. The molecule has 9 nitrogen and oxygen atoms in total. The van der Waals surface area contributed by atoms with Crippen molar-refractivity contribution in [2.24, 2.45) is 0 Å². The average Bonchev–Trinajstić information content (AvgIpc) is 2.80. The van der Waals surface area contributed by atoms with E-state index in [9.17, 15) is 8.42 Å². The molecule has 2 aliphatic rings. The minimum atomic E-state index is -3.62. The SMILES string of the molecule is COc1ccc(C)cc1S(=O)(=O)N1CCN(c2ccc(N3CCN(C)CC3)nn2)CC1. The summed E-state index contributed by atoms with van der Waals surface area (Å²) in [6.07, 6.45) is 0. The van der Waals surface area contributed by atoms with Gasteiger partial charge in [0.25, 0.3) is 0 Å². The highest BCUT2D eigenvalue weighted by Gasteiger charge is 2.31. The van der Waals surface area contributed by atoms with Crippen LogP contribution >= 0.6 is 0 Å². The molecule has 4 rings (SSSR count). The van der Waals surface area contributed by atoms with Gasteiger partial charge in [0.2, 0.25) is 10.0 Å². The molecule has 2 aliphatic heterocycles. The molecule has 10 heteroatoms. The number of rotatable bonds is 5. The lowest BCUT2D eigenvalue weighted by Crippen LogP contribution is -2.49. The van der Waals surface area contributed by atoms with Crippen molar-refractivity contribution in [1.29, 1.82) is 0 Å². The number of sulfonamides is 1. The number of ether oxygens (including phenoxy) is 1. The molecule has 0 saturated carbocycles. The molecule has 31 heavy (non-hydrogen) atoms. The number of aromatic nitrogens is 2. The van der Waals surface area contributed by atoms with Gasteiger partial charge in [-0.3, -0.25) is 0 Å². The fraction of sp³-hybridized carbons (Fsp3) is 0.524. The zero-order chi connectivity index (χ0) is 22.0. The zero-order valence-electron chi connectivity index (χ0n) is 18.4. The second-order valence-electron chi connectivity index (χ2n) is 8.09. The Morgan fingerprint density at radius 2 is 1.39 bits per heavy atom. The number of likely N-dealkylation sites (N-methyl/N-ethyl adjacent to an activating group) is 1. The Hall–Kier alpha value is -2.43. The molecule has 1 aromatic carbocycles. The van der Waals surface area contributed by atoms with E-state index in [2.05, 4.69) is 31.9 Å². The molecule has 0 spiro atoms. The topological polar surface area (TPSA) is 82.1 Å². The van der Waals surface area contributed by atoms with Crippen molar-refractivity contribution in [1.82, 2.24) is 19.4 Å². The van der Waals surface area contributed by atoms with E-state index >= 15 is 0 Å². The third-order valence-corrected chi connectivity index (χ3v) is 7.88. The molecule has 0 atom stereocenters. The van der Waals surface area contributed by atoms with Crippen LogP contribution in [0.4, 0.5) is 11.6 Å². The maximum atomic E-state index is 13.2. The van der Waals surface area contributed by atoms with Crippen molar-refractivity contribution in [2.75, 3.05) is 76.3 Å². The fourth-order valence-corrected chi connectivity index (χ4v) is 5.64. The van der Waals surface area contributed by atoms with Gasteiger partial charge >= 0.3 is 0 Å². The Morgan fingerprint density at radius 1 is 0.839 bits per heavy atom. The normalized spacial score (nSPS) is 18.9. The van der Waals surface area contributed by atoms with Crippen LogP contribution in [-0.2, 0) is 10.0 Å². The van der Waals surface area contributed by atoms with Gasteiger partial charge in [-0.25, -0.2) is 8.42 Å². The highest BCUT2D eigenvalue weighted by atomic mass is 32.2. The van der Waals surface area contributed by atoms with Crippen molar-refractivity contribution < 1.29 is 13.2 Å². The first-order valence-electron chi connectivity index (χ1n) is 10.6. The highest BCUT2D eigenvalue weighted by molar-refractivity contribution is 7.89. The Labute approximate surface area is 184 Å². The molecule has 0 amide bonds. The van der Waals surface area contributed by atoms with Crippen LogP contribution in [-0.4, -0.2) is 94.3 Å². The number of hydrogen-bond acceptors (Lipinski definition) is 8. The number of nitrogens with zero attached hydrogens (tertiary/aromatic N) is 6. The Bertz CT molecular complexity index is 998. The number of aryl methyl sites for hydroxylation is 1. The first kappa shape index (κ1) is 21.8. The van der Waals surface area contributed by atoms with Crippen LogP contribution in [0.2, 0.25) is 0 Å². The van der Waals surface area contributed by atoms with Crippen LogP contribution in [0.5, 0.6) is 5.75 Å². The lowest BCUT2D eigenvalue weighted by atomic mass is 10.2. The molecular formula is C21H30N6O3S. The average molecular weight is 447 g/mol. The first-order chi connectivity index (χ1) is 14.9. The van der Waals surface area contributed by atoms with Crippen LogP contribution < -0.4 is 14.5 Å². The highest BCUT2D eigenvalue weighted by Crippen LogP contribution is 2.29. The molecule has 0 unspecified atom stereocenters. The lowest BCUT2D eigenvalue weighted by Gasteiger charge is -2.35. The monoisotopic (exact) mass is 446 g/mol. The molecule has 0 radical (unpaired) electrons. The van der Waals surface area contributed by atoms with Gasteiger partial charge in [0.05, 0.1) is 7.11 Å². The molecule has 0 N–H and O–H groups in total. The lowest BCUT2D eigenvalue weighted by molar-refractivity contribution is 0.312. The molecule has 168 valence electrons. The molecule has 0 aliphatic carbocycles. The van der Waals surface area contributed by atoms with Gasteiger partial charge in [-0.2, -0.15) is 4.31 Å². The Morgan fingerprint density at radius 3 is 1.90 bits per heavy atom. The van der Waals surface area contributed by atoms with Gasteiger partial charge in [0.15, 0.2) is 11.6 Å². The predicted molar refractivity (Wildman–Crippen MR) is 120 cm³/mol. The summed E-state index contributed by atoms with van der Waals surface area (Å²) < 4.78 is 33.2. The third kappa shape index (κ3) is 4.60. The van der Waals surface area contributed by atoms with Gasteiger partial charge in [-0.05, 0) is 43.8 Å². The largest absolute Gasteiger partial charge is 0.495 e. The van der Waals surface area contributed by atoms with E-state index in [-0.39, 0.29) is 4.90 Å². The summed E-state index contributed by atoms with van der Waals surface area (Å²) in [6, 6.07) is 9.21. The summed E-state index contributed by atoms with van der Waals surface area (Å²) in [7, 11) is -0.00551. The van der Waals surface area contributed by atoms with E-state index in [4.69, 9.17) is 4.74 Å². The summed E-state index contributed by atoms with van der Waals surface area (Å²) in [5.74, 6) is 2.05. The quantitative estimate of drug-likeness (QED) is 0.674. The van der Waals surface area contributed by atoms with Crippen molar-refractivity contribution in [3.05, 3.63) is 35.9 Å². The second kappa shape index (κ2) is 8.97. The van der Waals surface area contributed by atoms with Crippen LogP contribution in [0, 0.1) is 6.92 Å². The minimum absolute atomic E-state index is 0.222. The van der Waals surface area contributed by atoms with Crippen LogP contribution in [0.3, 0.4) is 0 Å². The second-order valence-corrected chi connectivity index (χ2v) is 9.99. The van der Waals surface area contributed by atoms with Crippen LogP contribution in [0.1, 0.15) is 5.56 Å². The Kier molecular flexibility index (Phi) is 6.31. The van der Waals surface area contributed by atoms with Crippen LogP contribution in [0.15, 0.2) is 35.2 Å². The summed E-state index contributed by atoms with van der Waals surface area (Å²) in [4.78, 5) is 6.86. The van der Waals surface area contributed by atoms with Gasteiger partial charge in [0.1, 0.15) is 10.6 Å². The minimum Gasteiger partial charge on any atom is -0.495 e. The number of anilines is 2. The van der Waals surface area contributed by atoms with E-state index in [1.807, 2.05) is 25.1 Å². The van der Waals surface area contributed by atoms with E-state index in [0.29, 0.717) is 31.9 Å². The Balaban J connectivity index is 1.41. The van der Waals surface area contributed by atoms with E-state index < -0.39 is 10.0 Å².